The maximum Gasteiger partial charge on any atom is 0.142 e. The van der Waals surface area contributed by atoms with Gasteiger partial charge in [0.05, 0.1) is 5.69 Å². The zero-order chi connectivity index (χ0) is 12.0. The number of hydrogen-bond donors (Lipinski definition) is 1. The number of hydrogen-bond acceptors (Lipinski definition) is 3. The molecule has 0 spiro atoms. The normalized spacial score (nSPS) is 10.5. The first-order valence-corrected chi connectivity index (χ1v) is 5.57. The minimum atomic E-state index is 0.439. The van der Waals surface area contributed by atoms with E-state index < -0.39 is 0 Å². The van der Waals surface area contributed by atoms with E-state index in [0.717, 1.165) is 23.7 Å². The van der Waals surface area contributed by atoms with Crippen molar-refractivity contribution in [2.75, 3.05) is 6.61 Å². The first-order chi connectivity index (χ1) is 7.63. The fraction of sp³-hybridized carbons (Fsp3) is 0.462. The smallest absolute Gasteiger partial charge is 0.142 e. The maximum atomic E-state index is 5.55. The van der Waals surface area contributed by atoms with Crippen LogP contribution in [-0.4, -0.2) is 17.6 Å². The average molecular weight is 220 g/mol. The average Bonchev–Trinajstić information content (AvgIpc) is 2.25. The third-order valence-electron chi connectivity index (χ3n) is 2.11. The van der Waals surface area contributed by atoms with Crippen molar-refractivity contribution in [2.24, 2.45) is 0 Å². The summed E-state index contributed by atoms with van der Waals surface area (Å²) in [6.07, 6.45) is 1.74. The molecule has 0 saturated carbocycles. The van der Waals surface area contributed by atoms with Crippen LogP contribution in [0.2, 0.25) is 0 Å². The van der Waals surface area contributed by atoms with Gasteiger partial charge in [-0.2, -0.15) is 0 Å². The van der Waals surface area contributed by atoms with Gasteiger partial charge >= 0.3 is 0 Å². The summed E-state index contributed by atoms with van der Waals surface area (Å²) < 4.78 is 5.55. The highest BCUT2D eigenvalue weighted by Crippen LogP contribution is 2.16. The van der Waals surface area contributed by atoms with Crippen LogP contribution in [0, 0.1) is 6.92 Å². The predicted molar refractivity (Wildman–Crippen MR) is 66.6 cm³/mol. The second-order valence-corrected chi connectivity index (χ2v) is 4.03. The fourth-order valence-electron chi connectivity index (χ4n) is 1.31. The molecule has 0 unspecified atom stereocenters. The van der Waals surface area contributed by atoms with E-state index in [1.807, 2.05) is 19.1 Å². The second kappa shape index (κ2) is 6.28. The van der Waals surface area contributed by atoms with Gasteiger partial charge in [0.2, 0.25) is 0 Å². The maximum absolute atomic E-state index is 5.55. The van der Waals surface area contributed by atoms with E-state index in [1.165, 1.54) is 0 Å². The van der Waals surface area contributed by atoms with Crippen LogP contribution >= 0.6 is 0 Å². The Labute approximate surface area is 97.5 Å². The third-order valence-corrected chi connectivity index (χ3v) is 2.11. The Morgan fingerprint density at radius 2 is 2.25 bits per heavy atom. The molecule has 1 aromatic rings. The van der Waals surface area contributed by atoms with Crippen molar-refractivity contribution in [1.29, 1.82) is 0 Å². The SMILES string of the molecule is C=CCOc1ccc(C)nc1CNC(C)C. The zero-order valence-electron chi connectivity index (χ0n) is 10.3. The summed E-state index contributed by atoms with van der Waals surface area (Å²) in [5.41, 5.74) is 1.96. The number of rotatable bonds is 6. The van der Waals surface area contributed by atoms with Crippen LogP contribution < -0.4 is 10.1 Å². The molecule has 0 bridgehead atoms. The van der Waals surface area contributed by atoms with Crippen LogP contribution in [0.5, 0.6) is 5.75 Å². The zero-order valence-corrected chi connectivity index (χ0v) is 10.3. The third kappa shape index (κ3) is 4.03. The van der Waals surface area contributed by atoms with Crippen molar-refractivity contribution in [3.8, 4) is 5.75 Å². The first kappa shape index (κ1) is 12.7. The molecule has 0 aliphatic carbocycles. The molecule has 0 saturated heterocycles. The van der Waals surface area contributed by atoms with Crippen LogP contribution in [0.25, 0.3) is 0 Å². The first-order valence-electron chi connectivity index (χ1n) is 5.57. The Morgan fingerprint density at radius 1 is 1.50 bits per heavy atom. The highest BCUT2D eigenvalue weighted by molar-refractivity contribution is 5.29. The molecule has 88 valence electrons. The lowest BCUT2D eigenvalue weighted by Gasteiger charge is -2.12. The Kier molecular flexibility index (Phi) is 4.99. The number of pyridine rings is 1. The monoisotopic (exact) mass is 220 g/mol. The van der Waals surface area contributed by atoms with Gasteiger partial charge < -0.3 is 10.1 Å². The Morgan fingerprint density at radius 3 is 2.88 bits per heavy atom. The molecule has 0 radical (unpaired) electrons. The lowest BCUT2D eigenvalue weighted by Crippen LogP contribution is -2.23. The molecule has 1 rings (SSSR count). The van der Waals surface area contributed by atoms with E-state index in [-0.39, 0.29) is 0 Å². The molecular formula is C13H20N2O. The van der Waals surface area contributed by atoms with Crippen molar-refractivity contribution in [3.63, 3.8) is 0 Å². The summed E-state index contributed by atoms with van der Waals surface area (Å²) >= 11 is 0. The quantitative estimate of drug-likeness (QED) is 0.748. The number of nitrogens with zero attached hydrogens (tertiary/aromatic N) is 1. The van der Waals surface area contributed by atoms with E-state index >= 15 is 0 Å². The minimum Gasteiger partial charge on any atom is -0.488 e. The van der Waals surface area contributed by atoms with Crippen molar-refractivity contribution in [1.82, 2.24) is 10.3 Å². The molecule has 0 aliphatic heterocycles. The van der Waals surface area contributed by atoms with Gasteiger partial charge in [0.1, 0.15) is 12.4 Å². The van der Waals surface area contributed by atoms with Crippen molar-refractivity contribution >= 4 is 0 Å². The van der Waals surface area contributed by atoms with Gasteiger partial charge in [-0.25, -0.2) is 0 Å². The summed E-state index contributed by atoms with van der Waals surface area (Å²) in [7, 11) is 0. The van der Waals surface area contributed by atoms with Gasteiger partial charge in [0.25, 0.3) is 0 Å². The summed E-state index contributed by atoms with van der Waals surface area (Å²) in [6, 6.07) is 4.36. The number of ether oxygens (including phenoxy) is 1. The molecule has 0 aromatic carbocycles. The van der Waals surface area contributed by atoms with Crippen molar-refractivity contribution < 1.29 is 4.74 Å². The van der Waals surface area contributed by atoms with Crippen LogP contribution in [0.3, 0.4) is 0 Å². The lowest BCUT2D eigenvalue weighted by molar-refractivity contribution is 0.354. The summed E-state index contributed by atoms with van der Waals surface area (Å²) in [6.45, 7) is 11.1. The molecule has 16 heavy (non-hydrogen) atoms. The van der Waals surface area contributed by atoms with Gasteiger partial charge in [0, 0.05) is 18.3 Å². The van der Waals surface area contributed by atoms with E-state index in [4.69, 9.17) is 4.74 Å². The minimum absolute atomic E-state index is 0.439. The van der Waals surface area contributed by atoms with Crippen molar-refractivity contribution in [2.45, 2.75) is 33.4 Å². The fourth-order valence-corrected chi connectivity index (χ4v) is 1.31. The summed E-state index contributed by atoms with van der Waals surface area (Å²) in [5.74, 6) is 0.832. The molecule has 3 nitrogen and oxygen atoms in total. The van der Waals surface area contributed by atoms with Gasteiger partial charge in [-0.1, -0.05) is 26.5 Å². The molecule has 1 aromatic heterocycles. The number of aryl methyl sites for hydroxylation is 1. The van der Waals surface area contributed by atoms with Gasteiger partial charge in [-0.3, -0.25) is 4.98 Å². The van der Waals surface area contributed by atoms with Crippen LogP contribution in [0.4, 0.5) is 0 Å². The molecule has 1 N–H and O–H groups in total. The summed E-state index contributed by atoms with van der Waals surface area (Å²) in [5, 5.41) is 3.34. The highest BCUT2D eigenvalue weighted by Gasteiger charge is 2.05. The standard InChI is InChI=1S/C13H20N2O/c1-5-8-16-13-7-6-11(4)15-12(13)9-14-10(2)3/h5-7,10,14H,1,8-9H2,2-4H3. The summed E-state index contributed by atoms with van der Waals surface area (Å²) in [4.78, 5) is 4.48. The van der Waals surface area contributed by atoms with E-state index in [9.17, 15) is 0 Å². The predicted octanol–water partition coefficient (Wildman–Crippen LogP) is 2.45. The van der Waals surface area contributed by atoms with Gasteiger partial charge in [-0.05, 0) is 19.1 Å². The van der Waals surface area contributed by atoms with E-state index in [0.29, 0.717) is 12.6 Å². The second-order valence-electron chi connectivity index (χ2n) is 4.03. The van der Waals surface area contributed by atoms with Crippen LogP contribution in [0.1, 0.15) is 25.2 Å². The highest BCUT2D eigenvalue weighted by atomic mass is 16.5. The lowest BCUT2D eigenvalue weighted by atomic mass is 10.2. The Hall–Kier alpha value is -1.35. The number of nitrogens with one attached hydrogen (secondary N) is 1. The van der Waals surface area contributed by atoms with Gasteiger partial charge in [0.15, 0.2) is 0 Å². The Bertz CT molecular complexity index is 348. The van der Waals surface area contributed by atoms with Crippen LogP contribution in [0.15, 0.2) is 24.8 Å². The molecule has 0 amide bonds. The Balaban J connectivity index is 2.76. The van der Waals surface area contributed by atoms with Crippen LogP contribution in [-0.2, 0) is 6.54 Å². The van der Waals surface area contributed by atoms with E-state index in [1.54, 1.807) is 6.08 Å². The largest absolute Gasteiger partial charge is 0.488 e. The topological polar surface area (TPSA) is 34.1 Å². The molecule has 1 heterocycles. The number of aromatic nitrogens is 1. The molecular weight excluding hydrogens is 200 g/mol. The van der Waals surface area contributed by atoms with Crippen molar-refractivity contribution in [3.05, 3.63) is 36.2 Å². The van der Waals surface area contributed by atoms with E-state index in [2.05, 4.69) is 30.7 Å². The molecule has 0 fully saturated rings. The van der Waals surface area contributed by atoms with Gasteiger partial charge in [-0.15, -0.1) is 0 Å². The molecule has 3 heteroatoms. The molecule has 0 aliphatic rings. The molecule has 0 atom stereocenters.